The van der Waals surface area contributed by atoms with E-state index in [-0.39, 0.29) is 5.91 Å². The van der Waals surface area contributed by atoms with Crippen LogP contribution in [0.3, 0.4) is 0 Å². The largest absolute Gasteiger partial charge is 0.349 e. The minimum absolute atomic E-state index is 0.0896. The van der Waals surface area contributed by atoms with E-state index in [1.807, 2.05) is 6.92 Å². The van der Waals surface area contributed by atoms with E-state index in [0.717, 1.165) is 35.0 Å². The highest BCUT2D eigenvalue weighted by atomic mass is 32.1. The zero-order valence-electron chi connectivity index (χ0n) is 13.6. The van der Waals surface area contributed by atoms with Gasteiger partial charge < -0.3 is 5.32 Å². The lowest BCUT2D eigenvalue weighted by atomic mass is 9.95. The Bertz CT molecular complexity index is 502. The number of hydrogen-bond donors (Lipinski definition) is 1. The Morgan fingerprint density at radius 2 is 1.86 bits per heavy atom. The highest BCUT2D eigenvalue weighted by Crippen LogP contribution is 2.23. The number of likely N-dealkylation sites (tertiary alicyclic amines) is 1. The summed E-state index contributed by atoms with van der Waals surface area (Å²) in [6.45, 7) is 5.21. The van der Waals surface area contributed by atoms with Crippen molar-refractivity contribution in [2.45, 2.75) is 70.9 Å². The van der Waals surface area contributed by atoms with Crippen molar-refractivity contribution < 1.29 is 4.79 Å². The quantitative estimate of drug-likeness (QED) is 0.923. The normalized spacial score (nSPS) is 21.0. The molecule has 1 aromatic rings. The first-order valence-electron chi connectivity index (χ1n) is 8.72. The SMILES string of the molecule is Cc1nc(CN2CCCCC2)sc1C(=O)NC1CCCCC1. The molecule has 0 radical (unpaired) electrons. The summed E-state index contributed by atoms with van der Waals surface area (Å²) in [6.07, 6.45) is 9.99. The minimum Gasteiger partial charge on any atom is -0.349 e. The second-order valence-corrected chi connectivity index (χ2v) is 7.75. The molecule has 3 rings (SSSR count). The van der Waals surface area contributed by atoms with Gasteiger partial charge in [0.2, 0.25) is 0 Å². The van der Waals surface area contributed by atoms with Crippen LogP contribution in [0.4, 0.5) is 0 Å². The number of carbonyl (C=O) groups excluding carboxylic acids is 1. The van der Waals surface area contributed by atoms with E-state index in [1.54, 1.807) is 11.3 Å². The van der Waals surface area contributed by atoms with Crippen LogP contribution in [-0.4, -0.2) is 34.9 Å². The number of nitrogens with one attached hydrogen (secondary N) is 1. The fourth-order valence-corrected chi connectivity index (χ4v) is 4.55. The van der Waals surface area contributed by atoms with Crippen LogP contribution in [0.1, 0.15) is 71.7 Å². The number of aryl methyl sites for hydroxylation is 1. The summed E-state index contributed by atoms with van der Waals surface area (Å²) in [5, 5.41) is 4.30. The molecule has 5 heteroatoms. The van der Waals surface area contributed by atoms with Crippen LogP contribution in [0.5, 0.6) is 0 Å². The van der Waals surface area contributed by atoms with Crippen molar-refractivity contribution in [3.05, 3.63) is 15.6 Å². The fourth-order valence-electron chi connectivity index (χ4n) is 3.54. The van der Waals surface area contributed by atoms with E-state index < -0.39 is 0 Å². The van der Waals surface area contributed by atoms with Crippen molar-refractivity contribution in [3.8, 4) is 0 Å². The topological polar surface area (TPSA) is 45.2 Å². The Hall–Kier alpha value is -0.940. The van der Waals surface area contributed by atoms with Crippen LogP contribution in [-0.2, 0) is 6.54 Å². The lowest BCUT2D eigenvalue weighted by Crippen LogP contribution is -2.36. The molecule has 0 aromatic carbocycles. The van der Waals surface area contributed by atoms with Gasteiger partial charge in [0.25, 0.3) is 5.91 Å². The van der Waals surface area contributed by atoms with Gasteiger partial charge in [0.1, 0.15) is 9.88 Å². The van der Waals surface area contributed by atoms with E-state index in [4.69, 9.17) is 0 Å². The van der Waals surface area contributed by atoms with Gasteiger partial charge in [-0.2, -0.15) is 0 Å². The van der Waals surface area contributed by atoms with Gasteiger partial charge in [-0.05, 0) is 45.7 Å². The summed E-state index contributed by atoms with van der Waals surface area (Å²) >= 11 is 1.59. The molecule has 4 nitrogen and oxygen atoms in total. The van der Waals surface area contributed by atoms with Crippen molar-refractivity contribution in [1.29, 1.82) is 0 Å². The zero-order chi connectivity index (χ0) is 15.4. The summed E-state index contributed by atoms with van der Waals surface area (Å²) in [5.74, 6) is 0.0896. The molecule has 1 aliphatic heterocycles. The van der Waals surface area contributed by atoms with Crippen molar-refractivity contribution in [3.63, 3.8) is 0 Å². The number of rotatable bonds is 4. The monoisotopic (exact) mass is 321 g/mol. The highest BCUT2D eigenvalue weighted by Gasteiger charge is 2.21. The van der Waals surface area contributed by atoms with Crippen LogP contribution < -0.4 is 5.32 Å². The van der Waals surface area contributed by atoms with Crippen molar-refractivity contribution >= 4 is 17.2 Å². The predicted octanol–water partition coefficient (Wildman–Crippen LogP) is 3.50. The number of nitrogens with zero attached hydrogens (tertiary/aromatic N) is 2. The molecule has 1 N–H and O–H groups in total. The third kappa shape index (κ3) is 4.07. The molecular weight excluding hydrogens is 294 g/mol. The molecule has 1 saturated carbocycles. The average Bonchev–Trinajstić information content (AvgIpc) is 2.90. The lowest BCUT2D eigenvalue weighted by molar-refractivity contribution is 0.0931. The second-order valence-electron chi connectivity index (χ2n) is 6.67. The maximum Gasteiger partial charge on any atom is 0.263 e. The number of thiazole rings is 1. The van der Waals surface area contributed by atoms with Crippen LogP contribution in [0, 0.1) is 6.92 Å². The third-order valence-corrected chi connectivity index (χ3v) is 5.94. The van der Waals surface area contributed by atoms with Gasteiger partial charge in [-0.3, -0.25) is 9.69 Å². The number of amides is 1. The number of piperidine rings is 1. The van der Waals surface area contributed by atoms with Gasteiger partial charge in [-0.1, -0.05) is 25.7 Å². The van der Waals surface area contributed by atoms with E-state index in [9.17, 15) is 4.79 Å². The minimum atomic E-state index is 0.0896. The fraction of sp³-hybridized carbons (Fsp3) is 0.765. The first-order valence-corrected chi connectivity index (χ1v) is 9.53. The molecule has 2 fully saturated rings. The van der Waals surface area contributed by atoms with Crippen LogP contribution in [0.25, 0.3) is 0 Å². The Balaban J connectivity index is 1.59. The number of aromatic nitrogens is 1. The summed E-state index contributed by atoms with van der Waals surface area (Å²) < 4.78 is 0. The molecule has 122 valence electrons. The first-order chi connectivity index (χ1) is 10.7. The van der Waals surface area contributed by atoms with Crippen molar-refractivity contribution in [2.24, 2.45) is 0 Å². The van der Waals surface area contributed by atoms with Crippen LogP contribution >= 0.6 is 11.3 Å². The van der Waals surface area contributed by atoms with E-state index in [1.165, 1.54) is 51.6 Å². The molecule has 1 aromatic heterocycles. The number of hydrogen-bond acceptors (Lipinski definition) is 4. The standard InChI is InChI=1S/C17H27N3OS/c1-13-16(17(21)19-14-8-4-2-5-9-14)22-15(18-13)12-20-10-6-3-7-11-20/h14H,2-12H2,1H3,(H,19,21). The molecule has 0 bridgehead atoms. The molecule has 0 spiro atoms. The van der Waals surface area contributed by atoms with Crippen LogP contribution in [0.2, 0.25) is 0 Å². The third-order valence-electron chi connectivity index (χ3n) is 4.80. The van der Waals surface area contributed by atoms with Crippen LogP contribution in [0.15, 0.2) is 0 Å². The van der Waals surface area contributed by atoms with Crippen molar-refractivity contribution in [1.82, 2.24) is 15.2 Å². The first kappa shape index (κ1) is 15.9. The van der Waals surface area contributed by atoms with Gasteiger partial charge in [0, 0.05) is 6.04 Å². The van der Waals surface area contributed by atoms with Gasteiger partial charge in [-0.25, -0.2) is 4.98 Å². The molecule has 2 aliphatic rings. The average molecular weight is 321 g/mol. The molecule has 1 saturated heterocycles. The molecule has 22 heavy (non-hydrogen) atoms. The molecule has 1 amide bonds. The summed E-state index contributed by atoms with van der Waals surface area (Å²) in [7, 11) is 0. The lowest BCUT2D eigenvalue weighted by Gasteiger charge is -2.25. The maximum absolute atomic E-state index is 12.5. The predicted molar refractivity (Wildman–Crippen MR) is 90.3 cm³/mol. The number of carbonyl (C=O) groups is 1. The Kier molecular flexibility index (Phi) is 5.47. The smallest absolute Gasteiger partial charge is 0.263 e. The Morgan fingerprint density at radius 1 is 1.18 bits per heavy atom. The second kappa shape index (κ2) is 7.55. The summed E-state index contributed by atoms with van der Waals surface area (Å²) in [5.41, 5.74) is 0.894. The maximum atomic E-state index is 12.5. The van der Waals surface area contributed by atoms with Crippen molar-refractivity contribution in [2.75, 3.05) is 13.1 Å². The van der Waals surface area contributed by atoms with Gasteiger partial charge >= 0.3 is 0 Å². The molecule has 2 heterocycles. The highest BCUT2D eigenvalue weighted by molar-refractivity contribution is 7.13. The Labute approximate surface area is 137 Å². The molecular formula is C17H27N3OS. The molecule has 0 atom stereocenters. The molecule has 0 unspecified atom stereocenters. The Morgan fingerprint density at radius 3 is 2.59 bits per heavy atom. The van der Waals surface area contributed by atoms with E-state index in [0.29, 0.717) is 6.04 Å². The summed E-state index contributed by atoms with van der Waals surface area (Å²) in [4.78, 5) is 20.4. The zero-order valence-corrected chi connectivity index (χ0v) is 14.4. The molecule has 1 aliphatic carbocycles. The van der Waals surface area contributed by atoms with Gasteiger partial charge in [0.05, 0.1) is 12.2 Å². The van der Waals surface area contributed by atoms with E-state index in [2.05, 4.69) is 15.2 Å². The summed E-state index contributed by atoms with van der Waals surface area (Å²) in [6, 6.07) is 0.369. The van der Waals surface area contributed by atoms with Gasteiger partial charge in [-0.15, -0.1) is 11.3 Å². The van der Waals surface area contributed by atoms with Gasteiger partial charge in [0.15, 0.2) is 0 Å². The van der Waals surface area contributed by atoms with E-state index >= 15 is 0 Å².